The van der Waals surface area contributed by atoms with Crippen molar-refractivity contribution < 1.29 is 4.42 Å². The number of nitrogens with zero attached hydrogens (tertiary/aromatic N) is 2. The Labute approximate surface area is 84.7 Å². The van der Waals surface area contributed by atoms with E-state index >= 15 is 0 Å². The number of aromatic nitrogens is 2. The van der Waals surface area contributed by atoms with Crippen LogP contribution in [0.2, 0.25) is 5.02 Å². The molecule has 0 fully saturated rings. The molecule has 2 aromatic rings. The van der Waals surface area contributed by atoms with Crippen molar-refractivity contribution in [2.24, 2.45) is 0 Å². The third-order valence-electron chi connectivity index (χ3n) is 1.70. The third-order valence-corrected chi connectivity index (χ3v) is 1.94. The van der Waals surface area contributed by atoms with Crippen molar-refractivity contribution in [3.63, 3.8) is 0 Å². The van der Waals surface area contributed by atoms with Gasteiger partial charge < -0.3 is 4.42 Å². The van der Waals surface area contributed by atoms with Gasteiger partial charge in [0.1, 0.15) is 0 Å². The van der Waals surface area contributed by atoms with E-state index in [4.69, 9.17) is 16.0 Å². The van der Waals surface area contributed by atoms with E-state index in [1.807, 2.05) is 0 Å². The minimum atomic E-state index is -0.509. The van der Waals surface area contributed by atoms with Crippen LogP contribution in [0.3, 0.4) is 0 Å². The molecule has 0 amide bonds. The zero-order valence-corrected chi connectivity index (χ0v) is 8.15. The summed E-state index contributed by atoms with van der Waals surface area (Å²) in [5.74, 6) is -0.181. The standard InChI is InChI=1S/C9H7ClN2O2/c1-6-11-12(9(13)14-6)8-4-2-3-7(10)5-8/h2-5H,1H3. The highest BCUT2D eigenvalue weighted by Crippen LogP contribution is 2.12. The Hall–Kier alpha value is -1.55. The minimum Gasteiger partial charge on any atom is -0.392 e. The first-order valence-corrected chi connectivity index (χ1v) is 4.37. The number of hydrogen-bond donors (Lipinski definition) is 0. The van der Waals surface area contributed by atoms with E-state index in [-0.39, 0.29) is 0 Å². The summed E-state index contributed by atoms with van der Waals surface area (Å²) in [6.45, 7) is 1.61. The van der Waals surface area contributed by atoms with Crippen LogP contribution in [0.25, 0.3) is 5.69 Å². The molecule has 0 atom stereocenters. The lowest BCUT2D eigenvalue weighted by atomic mass is 10.3. The summed E-state index contributed by atoms with van der Waals surface area (Å²) < 4.78 is 5.93. The van der Waals surface area contributed by atoms with Gasteiger partial charge in [0.25, 0.3) is 0 Å². The molecule has 0 aliphatic rings. The fraction of sp³-hybridized carbons (Fsp3) is 0.111. The van der Waals surface area contributed by atoms with Crippen molar-refractivity contribution in [2.45, 2.75) is 6.92 Å². The molecular weight excluding hydrogens is 204 g/mol. The molecule has 4 nitrogen and oxygen atoms in total. The Bertz CT molecular complexity index is 516. The summed E-state index contributed by atoms with van der Waals surface area (Å²) in [6.07, 6.45) is 0. The van der Waals surface area contributed by atoms with Crippen LogP contribution < -0.4 is 5.76 Å². The van der Waals surface area contributed by atoms with E-state index in [9.17, 15) is 4.79 Å². The van der Waals surface area contributed by atoms with Gasteiger partial charge in [-0.3, -0.25) is 0 Å². The second-order valence-electron chi connectivity index (χ2n) is 2.78. The van der Waals surface area contributed by atoms with Crippen molar-refractivity contribution >= 4 is 11.6 Å². The van der Waals surface area contributed by atoms with Gasteiger partial charge in [0.2, 0.25) is 5.89 Å². The highest BCUT2D eigenvalue weighted by atomic mass is 35.5. The highest BCUT2D eigenvalue weighted by molar-refractivity contribution is 6.30. The number of benzene rings is 1. The molecule has 0 saturated carbocycles. The number of aryl methyl sites for hydroxylation is 1. The fourth-order valence-electron chi connectivity index (χ4n) is 1.14. The van der Waals surface area contributed by atoms with E-state index < -0.39 is 5.76 Å². The molecule has 0 aliphatic heterocycles. The first-order valence-electron chi connectivity index (χ1n) is 3.99. The molecule has 1 heterocycles. The molecule has 0 aliphatic carbocycles. The van der Waals surface area contributed by atoms with Crippen LogP contribution >= 0.6 is 11.6 Å². The monoisotopic (exact) mass is 210 g/mol. The first kappa shape index (κ1) is 9.02. The minimum absolute atomic E-state index is 0.329. The molecule has 72 valence electrons. The lowest BCUT2D eigenvalue weighted by Gasteiger charge is -1.97. The van der Waals surface area contributed by atoms with Crippen molar-refractivity contribution in [1.82, 2.24) is 9.78 Å². The van der Waals surface area contributed by atoms with Crippen LogP contribution in [0.4, 0.5) is 0 Å². The summed E-state index contributed by atoms with van der Waals surface area (Å²) in [5.41, 5.74) is 0.597. The molecule has 0 N–H and O–H groups in total. The number of halogens is 1. The lowest BCUT2D eigenvalue weighted by molar-refractivity contribution is 0.477. The molecule has 0 spiro atoms. The molecule has 2 rings (SSSR count). The smallest absolute Gasteiger partial charge is 0.392 e. The lowest BCUT2D eigenvalue weighted by Crippen LogP contribution is -2.13. The zero-order chi connectivity index (χ0) is 10.1. The van der Waals surface area contributed by atoms with Gasteiger partial charge in [-0.1, -0.05) is 17.7 Å². The molecule has 1 aromatic carbocycles. The Kier molecular flexibility index (Phi) is 2.13. The van der Waals surface area contributed by atoms with E-state index in [0.717, 1.165) is 0 Å². The van der Waals surface area contributed by atoms with Crippen molar-refractivity contribution in [1.29, 1.82) is 0 Å². The number of rotatable bonds is 1. The second-order valence-corrected chi connectivity index (χ2v) is 3.22. The van der Waals surface area contributed by atoms with Crippen molar-refractivity contribution in [3.8, 4) is 5.69 Å². The Balaban J connectivity index is 2.60. The average molecular weight is 211 g/mol. The predicted octanol–water partition coefficient (Wildman–Crippen LogP) is 1.79. The topological polar surface area (TPSA) is 48.0 Å². The summed E-state index contributed by atoms with van der Waals surface area (Å²) in [6, 6.07) is 6.84. The normalized spacial score (nSPS) is 10.4. The highest BCUT2D eigenvalue weighted by Gasteiger charge is 2.06. The van der Waals surface area contributed by atoms with E-state index in [0.29, 0.717) is 16.6 Å². The number of hydrogen-bond acceptors (Lipinski definition) is 3. The zero-order valence-electron chi connectivity index (χ0n) is 7.40. The van der Waals surface area contributed by atoms with Crippen LogP contribution in [0.15, 0.2) is 33.5 Å². The Morgan fingerprint density at radius 3 is 2.86 bits per heavy atom. The van der Waals surface area contributed by atoms with Gasteiger partial charge in [-0.2, -0.15) is 4.68 Å². The predicted molar refractivity (Wildman–Crippen MR) is 51.8 cm³/mol. The molecule has 0 radical (unpaired) electrons. The van der Waals surface area contributed by atoms with Crippen LogP contribution in [-0.4, -0.2) is 9.78 Å². The second kappa shape index (κ2) is 3.31. The molecule has 5 heteroatoms. The fourth-order valence-corrected chi connectivity index (χ4v) is 1.33. The Morgan fingerprint density at radius 2 is 2.29 bits per heavy atom. The quantitative estimate of drug-likeness (QED) is 0.721. The molecule has 1 aromatic heterocycles. The molecule has 0 saturated heterocycles. The summed E-state index contributed by atoms with van der Waals surface area (Å²) in [5, 5.41) is 4.45. The molecule has 0 unspecified atom stereocenters. The third kappa shape index (κ3) is 1.56. The van der Waals surface area contributed by atoms with E-state index in [2.05, 4.69) is 5.10 Å². The van der Waals surface area contributed by atoms with Crippen LogP contribution in [-0.2, 0) is 0 Å². The van der Waals surface area contributed by atoms with Crippen LogP contribution in [0.1, 0.15) is 5.89 Å². The van der Waals surface area contributed by atoms with Gasteiger partial charge in [-0.05, 0) is 18.2 Å². The van der Waals surface area contributed by atoms with E-state index in [1.54, 1.807) is 31.2 Å². The largest absolute Gasteiger partial charge is 0.441 e. The molecular formula is C9H7ClN2O2. The Morgan fingerprint density at radius 1 is 1.50 bits per heavy atom. The van der Waals surface area contributed by atoms with Crippen molar-refractivity contribution in [3.05, 3.63) is 45.7 Å². The van der Waals surface area contributed by atoms with Crippen LogP contribution in [0.5, 0.6) is 0 Å². The maximum Gasteiger partial charge on any atom is 0.441 e. The summed E-state index contributed by atoms with van der Waals surface area (Å²) >= 11 is 5.78. The van der Waals surface area contributed by atoms with Gasteiger partial charge in [0.05, 0.1) is 5.69 Å². The first-order chi connectivity index (χ1) is 6.66. The maximum atomic E-state index is 11.2. The SMILES string of the molecule is Cc1nn(-c2cccc(Cl)c2)c(=O)o1. The van der Waals surface area contributed by atoms with Crippen molar-refractivity contribution in [2.75, 3.05) is 0 Å². The van der Waals surface area contributed by atoms with Gasteiger partial charge in [-0.15, -0.1) is 5.10 Å². The van der Waals surface area contributed by atoms with Gasteiger partial charge in [0.15, 0.2) is 0 Å². The maximum absolute atomic E-state index is 11.2. The average Bonchev–Trinajstić information content (AvgIpc) is 2.45. The van der Waals surface area contributed by atoms with Gasteiger partial charge in [-0.25, -0.2) is 4.79 Å². The summed E-state index contributed by atoms with van der Waals surface area (Å²) in [4.78, 5) is 11.2. The summed E-state index contributed by atoms with van der Waals surface area (Å²) in [7, 11) is 0. The molecule has 14 heavy (non-hydrogen) atoms. The van der Waals surface area contributed by atoms with E-state index in [1.165, 1.54) is 4.68 Å². The van der Waals surface area contributed by atoms with Crippen LogP contribution in [0, 0.1) is 6.92 Å². The molecule has 0 bridgehead atoms. The van der Waals surface area contributed by atoms with Gasteiger partial charge in [0, 0.05) is 11.9 Å². The van der Waals surface area contributed by atoms with Gasteiger partial charge >= 0.3 is 5.76 Å².